The Morgan fingerprint density at radius 3 is 1.34 bits per heavy atom. The number of halogens is 2. The van der Waals surface area contributed by atoms with Crippen LogP contribution in [0, 0.1) is 0 Å². The van der Waals surface area contributed by atoms with Gasteiger partial charge in [-0.1, -0.05) is 74.2 Å². The van der Waals surface area contributed by atoms with Gasteiger partial charge in [0.05, 0.1) is 107 Å². The number of carbonyl (C=O) groups is 3. The van der Waals surface area contributed by atoms with Crippen molar-refractivity contribution in [2.45, 2.75) is 102 Å². The SMILES string of the molecule is CCCC(CNC(=O)c1nc(Cl)c(N)nc1N)[N+](C)(C)CCCc1ccc(OCCOCCOCCNC(=O)C(O)C(O)C(C)NCCOCCOCCOc2ccc(CCC[N+](C)(C)C(CCC)CNC(=O)c3nc(Cl)c(N)nc3N)cc2)cc1. The summed E-state index contributed by atoms with van der Waals surface area (Å²) in [6, 6.07) is 15.8. The second kappa shape index (κ2) is 38.3. The predicted molar refractivity (Wildman–Crippen MR) is 334 cm³/mol. The van der Waals surface area contributed by atoms with Crippen LogP contribution < -0.4 is 53.7 Å². The predicted octanol–water partition coefficient (Wildman–Crippen LogP) is 3.46. The number of nitrogens with one attached hydrogen (secondary N) is 4. The van der Waals surface area contributed by atoms with E-state index in [4.69, 9.17) is 74.6 Å². The van der Waals surface area contributed by atoms with Crippen molar-refractivity contribution in [3.63, 3.8) is 0 Å². The van der Waals surface area contributed by atoms with Crippen LogP contribution in [-0.2, 0) is 36.6 Å². The fraction of sp³-hybridized carbons (Fsp3) is 0.610. The minimum atomic E-state index is -1.63. The number of nitrogen functional groups attached to an aromatic ring is 4. The molecule has 5 unspecified atom stereocenters. The molecule has 0 aliphatic rings. The van der Waals surface area contributed by atoms with E-state index in [1.54, 1.807) is 6.92 Å². The third-order valence-corrected chi connectivity index (χ3v) is 15.4. The molecule has 25 nitrogen and oxygen atoms in total. The zero-order chi connectivity index (χ0) is 63.1. The molecule has 0 spiro atoms. The van der Waals surface area contributed by atoms with Gasteiger partial charge in [0.1, 0.15) is 42.9 Å². The molecule has 0 aliphatic heterocycles. The second-order valence-corrected chi connectivity index (χ2v) is 22.9. The minimum Gasteiger partial charge on any atom is -0.491 e. The summed E-state index contributed by atoms with van der Waals surface area (Å²) in [5.74, 6) is -0.256. The zero-order valence-corrected chi connectivity index (χ0v) is 52.8. The lowest BCUT2D eigenvalue weighted by atomic mass is 10.1. The fourth-order valence-corrected chi connectivity index (χ4v) is 9.71. The van der Waals surface area contributed by atoms with Crippen LogP contribution in [0.2, 0.25) is 10.3 Å². The van der Waals surface area contributed by atoms with Gasteiger partial charge in [0.25, 0.3) is 17.7 Å². The van der Waals surface area contributed by atoms with Gasteiger partial charge >= 0.3 is 0 Å². The van der Waals surface area contributed by atoms with E-state index in [1.807, 2.05) is 24.3 Å². The second-order valence-electron chi connectivity index (χ2n) is 22.2. The average molecular weight is 1250 g/mol. The molecule has 3 amide bonds. The number of aromatic nitrogens is 4. The van der Waals surface area contributed by atoms with E-state index in [0.717, 1.165) is 84.9 Å². The highest BCUT2D eigenvalue weighted by Gasteiger charge is 2.31. The van der Waals surface area contributed by atoms with E-state index in [1.165, 1.54) is 11.1 Å². The minimum absolute atomic E-state index is 0.0221. The molecule has 0 bridgehead atoms. The van der Waals surface area contributed by atoms with E-state index < -0.39 is 36.0 Å². The molecule has 14 N–H and O–H groups in total. The van der Waals surface area contributed by atoms with Gasteiger partial charge < -0.3 is 91.8 Å². The van der Waals surface area contributed by atoms with Gasteiger partial charge in [-0.25, -0.2) is 19.9 Å². The molecule has 4 rings (SSSR count). The number of likely N-dealkylation sites (N-methyl/N-ethyl adjacent to an activating group) is 2. The number of amides is 3. The molecule has 480 valence electrons. The summed E-state index contributed by atoms with van der Waals surface area (Å²) in [6.45, 7) is 12.6. The van der Waals surface area contributed by atoms with E-state index in [0.29, 0.717) is 79.1 Å². The van der Waals surface area contributed by atoms with Crippen molar-refractivity contribution in [3.05, 3.63) is 81.4 Å². The van der Waals surface area contributed by atoms with Gasteiger partial charge in [0.2, 0.25) is 0 Å². The summed E-state index contributed by atoms with van der Waals surface area (Å²) in [5, 5.41) is 32.5. The van der Waals surface area contributed by atoms with Gasteiger partial charge in [0.15, 0.2) is 51.1 Å². The largest absolute Gasteiger partial charge is 0.491 e. The van der Waals surface area contributed by atoms with Crippen molar-refractivity contribution in [1.82, 2.24) is 41.2 Å². The van der Waals surface area contributed by atoms with Crippen molar-refractivity contribution in [1.29, 1.82) is 0 Å². The van der Waals surface area contributed by atoms with Crippen LogP contribution in [0.15, 0.2) is 48.5 Å². The van der Waals surface area contributed by atoms with E-state index in [9.17, 15) is 24.6 Å². The highest BCUT2D eigenvalue weighted by molar-refractivity contribution is 6.32. The van der Waals surface area contributed by atoms with Crippen LogP contribution in [0.4, 0.5) is 23.3 Å². The normalized spacial score (nSPS) is 13.6. The maximum absolute atomic E-state index is 12.9. The number of nitrogens with two attached hydrogens (primary N) is 4. The van der Waals surface area contributed by atoms with Crippen molar-refractivity contribution < 1.29 is 62.0 Å². The Morgan fingerprint density at radius 1 is 0.547 bits per heavy atom. The molecule has 0 radical (unpaired) electrons. The molecule has 2 aromatic heterocycles. The summed E-state index contributed by atoms with van der Waals surface area (Å²) in [5.41, 5.74) is 25.4. The Morgan fingerprint density at radius 2 is 0.930 bits per heavy atom. The smallest absolute Gasteiger partial charge is 0.274 e. The molecular formula is C59H96Cl2N14O11+2. The highest BCUT2D eigenvalue weighted by atomic mass is 35.5. The Balaban J connectivity index is 0.949. The lowest BCUT2D eigenvalue weighted by Gasteiger charge is -2.38. The topological polar surface area (TPSA) is 351 Å². The molecule has 0 aliphatic carbocycles. The van der Waals surface area contributed by atoms with Crippen LogP contribution in [0.25, 0.3) is 0 Å². The fourth-order valence-electron chi connectivity index (χ4n) is 9.46. The number of hydrogen-bond acceptors (Lipinski definition) is 20. The third-order valence-electron chi connectivity index (χ3n) is 14.8. The van der Waals surface area contributed by atoms with Gasteiger partial charge in [-0.15, -0.1) is 0 Å². The van der Waals surface area contributed by atoms with Gasteiger partial charge in [-0.3, -0.25) is 14.4 Å². The molecule has 2 heterocycles. The van der Waals surface area contributed by atoms with Gasteiger partial charge in [0, 0.05) is 44.8 Å². The molecular weight excluding hydrogens is 1150 g/mol. The van der Waals surface area contributed by atoms with Crippen molar-refractivity contribution >= 4 is 64.2 Å². The molecule has 0 saturated carbocycles. The number of nitrogens with zero attached hydrogens (tertiary/aromatic N) is 6. The summed E-state index contributed by atoms with van der Waals surface area (Å²) in [4.78, 5) is 54.1. The molecule has 0 fully saturated rings. The lowest BCUT2D eigenvalue weighted by Crippen LogP contribution is -2.54. The van der Waals surface area contributed by atoms with E-state index in [-0.39, 0.29) is 70.2 Å². The molecule has 86 heavy (non-hydrogen) atoms. The van der Waals surface area contributed by atoms with E-state index in [2.05, 4.69) is 108 Å². The summed E-state index contributed by atoms with van der Waals surface area (Å²) >= 11 is 12.0. The Bertz CT molecular complexity index is 2650. The maximum Gasteiger partial charge on any atom is 0.274 e. The summed E-state index contributed by atoms with van der Waals surface area (Å²) in [6.07, 6.45) is 4.50. The van der Waals surface area contributed by atoms with Crippen LogP contribution in [0.5, 0.6) is 11.5 Å². The van der Waals surface area contributed by atoms with Crippen LogP contribution in [-0.4, -0.2) is 221 Å². The van der Waals surface area contributed by atoms with Gasteiger partial charge in [-0.2, -0.15) is 0 Å². The molecule has 0 saturated heterocycles. The standard InChI is InChI=1S/C59H94Cl2N14O11/c1-8-12-43(38-68-57(78)47-53(62)72-55(64)51(60)70-47)74(4,5)26-10-14-41-16-20-45(21-17-41)85-36-34-83-32-30-81-28-24-66-40(3)49(76)50(77)59(80)67-25-29-82-31-33-84-35-37-86-46-22-18-42(19-23-46)15-11-27-75(6,7)44(13-9-2)39-69-58(79)48-54(63)73-56(65)52(61)71-48/h16-23,40,43-44,49-50,66,76-77H,8-15,24-39H2,1-7H3,(H9-2,62,63,64,65,67,68,69,72,73,78,79,80)/p+2. The summed E-state index contributed by atoms with van der Waals surface area (Å²) in [7, 11) is 8.71. The first kappa shape index (κ1) is 72.5. The Hall–Kier alpha value is -5.97. The number of hydrogen-bond donors (Lipinski definition) is 10. The van der Waals surface area contributed by atoms with Gasteiger partial charge in [-0.05, 0) is 55.2 Å². The highest BCUT2D eigenvalue weighted by Crippen LogP contribution is 2.22. The number of aryl methyl sites for hydroxylation is 2. The Kier molecular flexibility index (Phi) is 32.3. The van der Waals surface area contributed by atoms with Crippen LogP contribution >= 0.6 is 23.2 Å². The van der Waals surface area contributed by atoms with E-state index >= 15 is 0 Å². The first-order valence-electron chi connectivity index (χ1n) is 29.6. The monoisotopic (exact) mass is 1250 g/mol. The first-order valence-corrected chi connectivity index (χ1v) is 30.3. The average Bonchev–Trinajstić information content (AvgIpc) is 3.69. The molecule has 2 aromatic carbocycles. The maximum atomic E-state index is 12.9. The number of aliphatic hydroxyl groups excluding tert-OH is 2. The van der Waals surface area contributed by atoms with Crippen molar-refractivity contribution in [2.75, 3.05) is 156 Å². The Labute approximate surface area is 517 Å². The van der Waals surface area contributed by atoms with Crippen molar-refractivity contribution in [3.8, 4) is 11.5 Å². The number of aliphatic hydroxyl groups is 2. The lowest BCUT2D eigenvalue weighted by molar-refractivity contribution is -0.914. The molecule has 5 atom stereocenters. The number of rotatable bonds is 44. The number of quaternary nitrogens is 2. The number of anilines is 4. The number of carbonyl (C=O) groups excluding carboxylic acids is 3. The van der Waals surface area contributed by atoms with Crippen LogP contribution in [0.1, 0.15) is 91.4 Å². The third kappa shape index (κ3) is 25.8. The molecule has 27 heteroatoms. The number of ether oxygens (including phenoxy) is 6. The first-order chi connectivity index (χ1) is 41.1. The quantitative estimate of drug-likeness (QED) is 0.0224. The van der Waals surface area contributed by atoms with Crippen LogP contribution in [0.3, 0.4) is 0 Å². The molecule has 4 aromatic rings. The summed E-state index contributed by atoms with van der Waals surface area (Å²) < 4.78 is 35.6. The zero-order valence-electron chi connectivity index (χ0n) is 51.3. The number of benzene rings is 2. The van der Waals surface area contributed by atoms with Crippen molar-refractivity contribution in [2.24, 2.45) is 0 Å².